The smallest absolute Gasteiger partial charge is 0.205 e. The van der Waals surface area contributed by atoms with Gasteiger partial charge < -0.3 is 9.47 Å². The highest BCUT2D eigenvalue weighted by Crippen LogP contribution is 2.35. The topological polar surface area (TPSA) is 85.8 Å². The highest BCUT2D eigenvalue weighted by atomic mass is 35.5. The van der Waals surface area contributed by atoms with Crippen LogP contribution in [0.2, 0.25) is 0 Å². The average molecular weight is 500 g/mol. The third-order valence-electron chi connectivity index (χ3n) is 5.84. The lowest BCUT2D eigenvalue weighted by Gasteiger charge is -2.15. The lowest BCUT2D eigenvalue weighted by atomic mass is 9.98. The van der Waals surface area contributed by atoms with E-state index in [2.05, 4.69) is 55.9 Å². The van der Waals surface area contributed by atoms with Gasteiger partial charge in [0.05, 0.1) is 7.11 Å². The number of hydrogen-bond donors (Lipinski definition) is 1. The van der Waals surface area contributed by atoms with Gasteiger partial charge in [-0.1, -0.05) is 60.7 Å². The molecule has 0 aliphatic rings. The number of tetrazole rings is 1. The molecular weight excluding hydrogens is 474 g/mol. The Kier molecular flexibility index (Phi) is 7.61. The molecule has 0 atom stereocenters. The summed E-state index contributed by atoms with van der Waals surface area (Å²) >= 11 is 0. The Morgan fingerprint density at radius 3 is 2.19 bits per heavy atom. The summed E-state index contributed by atoms with van der Waals surface area (Å²) in [5, 5.41) is 14.5. The number of halogens is 1. The van der Waals surface area contributed by atoms with Crippen LogP contribution in [0.15, 0.2) is 78.9 Å². The quantitative estimate of drug-likeness (QED) is 0.286. The Labute approximate surface area is 215 Å². The number of nitrogens with one attached hydrogen (secondary N) is 1. The van der Waals surface area contributed by atoms with Crippen LogP contribution >= 0.6 is 12.4 Å². The second kappa shape index (κ2) is 11.0. The first-order chi connectivity index (χ1) is 17.1. The highest BCUT2D eigenvalue weighted by molar-refractivity contribution is 5.85. The van der Waals surface area contributed by atoms with Crippen LogP contribution in [0.3, 0.4) is 0 Å². The van der Waals surface area contributed by atoms with E-state index in [1.54, 1.807) is 7.11 Å². The summed E-state index contributed by atoms with van der Waals surface area (Å²) in [6, 6.07) is 26.3. The van der Waals surface area contributed by atoms with E-state index in [0.29, 0.717) is 12.4 Å². The fraction of sp³-hybridized carbons (Fsp3) is 0.143. The van der Waals surface area contributed by atoms with Crippen molar-refractivity contribution in [1.82, 2.24) is 25.6 Å². The summed E-state index contributed by atoms with van der Waals surface area (Å²) < 4.78 is 11.6. The molecule has 5 aromatic rings. The molecule has 0 aliphatic heterocycles. The number of rotatable bonds is 7. The number of hydrogen-bond acceptors (Lipinski definition) is 6. The van der Waals surface area contributed by atoms with E-state index in [-0.39, 0.29) is 12.4 Å². The molecule has 7 nitrogen and oxygen atoms in total. The first-order valence-corrected chi connectivity index (χ1v) is 11.3. The standard InChI is InChI=1S/C28H25N5O2.ClH/c1-18-16-26(27(19(2)29-18)22-12-14-23(34-3)15-13-22)35-17-20-8-10-21(11-9-20)24-6-4-5-7-25(24)28-30-32-33-31-28;/h4-16H,17H2,1-3H3,(H,30,31,32,33);1H. The van der Waals surface area contributed by atoms with E-state index in [9.17, 15) is 0 Å². The number of nitrogens with zero attached hydrogens (tertiary/aromatic N) is 4. The van der Waals surface area contributed by atoms with Crippen molar-refractivity contribution in [2.45, 2.75) is 20.5 Å². The minimum absolute atomic E-state index is 0. The molecule has 0 saturated heterocycles. The van der Waals surface area contributed by atoms with E-state index >= 15 is 0 Å². The predicted octanol–water partition coefficient (Wildman–Crippen LogP) is 6.22. The number of aromatic nitrogens is 5. The number of benzene rings is 3. The molecule has 0 radical (unpaired) electrons. The molecule has 2 heterocycles. The van der Waals surface area contributed by atoms with Gasteiger partial charge in [0.1, 0.15) is 18.1 Å². The number of aryl methyl sites for hydroxylation is 2. The molecule has 36 heavy (non-hydrogen) atoms. The van der Waals surface area contributed by atoms with Crippen molar-refractivity contribution in [1.29, 1.82) is 0 Å². The zero-order chi connectivity index (χ0) is 24.2. The number of H-pyrrole nitrogens is 1. The van der Waals surface area contributed by atoms with Crippen molar-refractivity contribution in [3.63, 3.8) is 0 Å². The van der Waals surface area contributed by atoms with E-state index < -0.39 is 0 Å². The van der Waals surface area contributed by atoms with Crippen LogP contribution in [0.1, 0.15) is 17.0 Å². The van der Waals surface area contributed by atoms with Crippen LogP contribution in [0.4, 0.5) is 0 Å². The second-order valence-electron chi connectivity index (χ2n) is 8.22. The van der Waals surface area contributed by atoms with E-state index in [4.69, 9.17) is 9.47 Å². The third kappa shape index (κ3) is 5.21. The SMILES string of the molecule is COc1ccc(-c2c(OCc3ccc(-c4ccccc4-c4nn[nH]n4)cc3)cc(C)nc2C)cc1.Cl. The van der Waals surface area contributed by atoms with Gasteiger partial charge in [0.25, 0.3) is 0 Å². The minimum atomic E-state index is 0. The largest absolute Gasteiger partial charge is 0.497 e. The maximum Gasteiger partial charge on any atom is 0.205 e. The van der Waals surface area contributed by atoms with Crippen LogP contribution in [0.5, 0.6) is 11.5 Å². The van der Waals surface area contributed by atoms with Crippen LogP contribution in [0, 0.1) is 13.8 Å². The van der Waals surface area contributed by atoms with Gasteiger partial charge in [-0.05, 0) is 53.4 Å². The molecule has 0 spiro atoms. The Morgan fingerprint density at radius 1 is 0.833 bits per heavy atom. The summed E-state index contributed by atoms with van der Waals surface area (Å²) in [4.78, 5) is 4.65. The van der Waals surface area contributed by atoms with E-state index in [0.717, 1.165) is 56.3 Å². The molecule has 0 fully saturated rings. The molecule has 2 aromatic heterocycles. The van der Waals surface area contributed by atoms with Gasteiger partial charge in [-0.25, -0.2) is 0 Å². The van der Waals surface area contributed by atoms with Crippen molar-refractivity contribution in [2.24, 2.45) is 0 Å². The van der Waals surface area contributed by atoms with Gasteiger partial charge in [0, 0.05) is 28.6 Å². The molecule has 0 saturated carbocycles. The number of methoxy groups -OCH3 is 1. The lowest BCUT2D eigenvalue weighted by molar-refractivity contribution is 0.307. The summed E-state index contributed by atoms with van der Waals surface area (Å²) in [5.41, 5.74) is 7.99. The summed E-state index contributed by atoms with van der Waals surface area (Å²) in [5.74, 6) is 2.20. The maximum absolute atomic E-state index is 6.32. The fourth-order valence-corrected chi connectivity index (χ4v) is 4.16. The zero-order valence-electron chi connectivity index (χ0n) is 20.2. The van der Waals surface area contributed by atoms with Gasteiger partial charge in [-0.15, -0.1) is 22.6 Å². The number of aromatic amines is 1. The number of pyridine rings is 1. The van der Waals surface area contributed by atoms with Crippen LogP contribution in [0.25, 0.3) is 33.6 Å². The van der Waals surface area contributed by atoms with Crippen molar-refractivity contribution in [3.8, 4) is 45.1 Å². The van der Waals surface area contributed by atoms with Gasteiger partial charge in [-0.3, -0.25) is 4.98 Å². The summed E-state index contributed by atoms with van der Waals surface area (Å²) in [7, 11) is 1.66. The van der Waals surface area contributed by atoms with Gasteiger partial charge in [-0.2, -0.15) is 5.21 Å². The molecule has 5 rings (SSSR count). The fourth-order valence-electron chi connectivity index (χ4n) is 4.16. The van der Waals surface area contributed by atoms with Crippen LogP contribution < -0.4 is 9.47 Å². The van der Waals surface area contributed by atoms with Crippen molar-refractivity contribution in [3.05, 3.63) is 95.8 Å². The first kappa shape index (κ1) is 24.9. The highest BCUT2D eigenvalue weighted by Gasteiger charge is 2.14. The van der Waals surface area contributed by atoms with E-state index in [1.807, 2.05) is 62.4 Å². The van der Waals surface area contributed by atoms with E-state index in [1.165, 1.54) is 0 Å². The normalized spacial score (nSPS) is 10.5. The monoisotopic (exact) mass is 499 g/mol. The minimum Gasteiger partial charge on any atom is -0.497 e. The Morgan fingerprint density at radius 2 is 1.53 bits per heavy atom. The Balaban J connectivity index is 0.00000304. The predicted molar refractivity (Wildman–Crippen MR) is 142 cm³/mol. The molecular formula is C28H26ClN5O2. The average Bonchev–Trinajstić information content (AvgIpc) is 3.43. The van der Waals surface area contributed by atoms with Crippen LogP contribution in [-0.2, 0) is 6.61 Å². The molecule has 182 valence electrons. The Bertz CT molecular complexity index is 1440. The number of ether oxygens (including phenoxy) is 2. The molecule has 3 aromatic carbocycles. The third-order valence-corrected chi connectivity index (χ3v) is 5.84. The Hall–Kier alpha value is -4.23. The second-order valence-corrected chi connectivity index (χ2v) is 8.22. The van der Waals surface area contributed by atoms with Gasteiger partial charge in [0.15, 0.2) is 0 Å². The molecule has 0 unspecified atom stereocenters. The molecule has 0 amide bonds. The first-order valence-electron chi connectivity index (χ1n) is 11.3. The summed E-state index contributed by atoms with van der Waals surface area (Å²) in [6.07, 6.45) is 0. The molecule has 0 aliphatic carbocycles. The van der Waals surface area contributed by atoms with Crippen molar-refractivity contribution >= 4 is 12.4 Å². The van der Waals surface area contributed by atoms with Crippen LogP contribution in [-0.4, -0.2) is 32.7 Å². The molecule has 1 N–H and O–H groups in total. The maximum atomic E-state index is 6.32. The molecule has 0 bridgehead atoms. The van der Waals surface area contributed by atoms with Crippen molar-refractivity contribution in [2.75, 3.05) is 7.11 Å². The lowest BCUT2D eigenvalue weighted by Crippen LogP contribution is -2.01. The summed E-state index contributed by atoms with van der Waals surface area (Å²) in [6.45, 7) is 4.43. The zero-order valence-corrected chi connectivity index (χ0v) is 21.0. The molecule has 8 heteroatoms. The van der Waals surface area contributed by atoms with Gasteiger partial charge >= 0.3 is 0 Å². The van der Waals surface area contributed by atoms with Crippen molar-refractivity contribution < 1.29 is 9.47 Å². The van der Waals surface area contributed by atoms with Gasteiger partial charge in [0.2, 0.25) is 5.82 Å².